The Hall–Kier alpha value is -2.34. The molecule has 1 saturated heterocycles. The second-order valence-corrected chi connectivity index (χ2v) is 9.50. The van der Waals surface area contributed by atoms with Gasteiger partial charge in [-0.05, 0) is 48.1 Å². The molecule has 142 valence electrons. The van der Waals surface area contributed by atoms with E-state index in [-0.39, 0.29) is 23.5 Å². The number of carbonyl (C=O) groups excluding carboxylic acids is 1. The summed E-state index contributed by atoms with van der Waals surface area (Å²) in [6, 6.07) is 15.5. The number of sulfone groups is 1. The molecule has 2 aliphatic heterocycles. The topological polar surface area (TPSA) is 72.5 Å². The van der Waals surface area contributed by atoms with Gasteiger partial charge in [-0.15, -0.1) is 0 Å². The van der Waals surface area contributed by atoms with Gasteiger partial charge in [0, 0.05) is 0 Å². The van der Waals surface area contributed by atoms with E-state index in [0.717, 1.165) is 41.9 Å². The molecule has 2 aromatic carbocycles. The van der Waals surface area contributed by atoms with Crippen LogP contribution in [0, 0.1) is 5.92 Å². The minimum Gasteiger partial charge on any atom is -0.493 e. The van der Waals surface area contributed by atoms with Gasteiger partial charge in [0.05, 0.1) is 30.1 Å². The van der Waals surface area contributed by atoms with Crippen molar-refractivity contribution in [2.75, 3.05) is 18.1 Å². The maximum absolute atomic E-state index is 12.8. The van der Waals surface area contributed by atoms with Crippen molar-refractivity contribution >= 4 is 15.7 Å². The fraction of sp³-hybridized carbons (Fsp3) is 0.381. The maximum atomic E-state index is 12.8. The van der Waals surface area contributed by atoms with Crippen LogP contribution in [-0.4, -0.2) is 32.4 Å². The molecule has 0 radical (unpaired) electrons. The van der Waals surface area contributed by atoms with E-state index in [1.54, 1.807) is 0 Å². The number of nitrogens with one attached hydrogen (secondary N) is 1. The van der Waals surface area contributed by atoms with Crippen LogP contribution in [0.15, 0.2) is 48.5 Å². The lowest BCUT2D eigenvalue weighted by atomic mass is 9.94. The fourth-order valence-electron chi connectivity index (χ4n) is 3.83. The molecule has 1 N–H and O–H groups in total. The van der Waals surface area contributed by atoms with Crippen molar-refractivity contribution in [3.8, 4) is 5.75 Å². The summed E-state index contributed by atoms with van der Waals surface area (Å²) in [5.41, 5.74) is 3.11. The van der Waals surface area contributed by atoms with E-state index in [4.69, 9.17) is 4.74 Å². The monoisotopic (exact) mass is 385 g/mol. The molecule has 1 amide bonds. The van der Waals surface area contributed by atoms with E-state index < -0.39 is 15.8 Å². The van der Waals surface area contributed by atoms with Crippen LogP contribution in [0.5, 0.6) is 5.75 Å². The zero-order valence-corrected chi connectivity index (χ0v) is 15.9. The SMILES string of the molecule is O=C(NC(c1ccccc1)c1ccc2c(c1)CCCO2)C1CCS(=O)(=O)C1. The van der Waals surface area contributed by atoms with Crippen molar-refractivity contribution in [1.82, 2.24) is 5.32 Å². The molecule has 0 bridgehead atoms. The summed E-state index contributed by atoms with van der Waals surface area (Å²) >= 11 is 0. The summed E-state index contributed by atoms with van der Waals surface area (Å²) in [5.74, 6) is 0.279. The Balaban J connectivity index is 1.63. The summed E-state index contributed by atoms with van der Waals surface area (Å²) in [6.45, 7) is 0.737. The minimum absolute atomic E-state index is 0.0572. The molecule has 2 heterocycles. The molecule has 2 atom stereocenters. The highest BCUT2D eigenvalue weighted by Gasteiger charge is 2.34. The zero-order chi connectivity index (χ0) is 18.9. The third kappa shape index (κ3) is 4.00. The predicted molar refractivity (Wildman–Crippen MR) is 103 cm³/mol. The molecule has 2 aliphatic rings. The number of aryl methyl sites for hydroxylation is 1. The lowest BCUT2D eigenvalue weighted by Crippen LogP contribution is -2.35. The molecule has 6 heteroatoms. The van der Waals surface area contributed by atoms with Gasteiger partial charge in [0.25, 0.3) is 0 Å². The summed E-state index contributed by atoms with van der Waals surface area (Å²) in [5, 5.41) is 3.09. The lowest BCUT2D eigenvalue weighted by molar-refractivity contribution is -0.124. The first kappa shape index (κ1) is 18.0. The number of ether oxygens (including phenoxy) is 1. The number of hydrogen-bond acceptors (Lipinski definition) is 4. The molecule has 0 aliphatic carbocycles. The number of amides is 1. The largest absolute Gasteiger partial charge is 0.493 e. The Morgan fingerprint density at radius 2 is 1.93 bits per heavy atom. The van der Waals surface area contributed by atoms with E-state index in [0.29, 0.717) is 6.42 Å². The highest BCUT2D eigenvalue weighted by molar-refractivity contribution is 7.91. The number of carbonyl (C=O) groups is 1. The van der Waals surface area contributed by atoms with Crippen LogP contribution in [0.3, 0.4) is 0 Å². The third-order valence-electron chi connectivity index (χ3n) is 5.29. The van der Waals surface area contributed by atoms with E-state index in [2.05, 4.69) is 11.4 Å². The summed E-state index contributed by atoms with van der Waals surface area (Å²) in [6.07, 6.45) is 2.34. The Labute approximate surface area is 159 Å². The Kier molecular flexibility index (Phi) is 4.91. The normalized spacial score (nSPS) is 21.7. The average Bonchev–Trinajstić information content (AvgIpc) is 3.06. The van der Waals surface area contributed by atoms with Crippen molar-refractivity contribution in [3.05, 3.63) is 65.2 Å². The first-order valence-corrected chi connectivity index (χ1v) is 11.2. The van der Waals surface area contributed by atoms with Gasteiger partial charge in [0.15, 0.2) is 9.84 Å². The fourth-order valence-corrected chi connectivity index (χ4v) is 5.57. The number of benzene rings is 2. The van der Waals surface area contributed by atoms with Crippen LogP contribution >= 0.6 is 0 Å². The van der Waals surface area contributed by atoms with Crippen LogP contribution in [0.25, 0.3) is 0 Å². The standard InChI is InChI=1S/C21H23NO4S/c23-21(18-10-12-27(24,25)14-18)22-20(15-5-2-1-3-6-15)17-8-9-19-16(13-17)7-4-11-26-19/h1-3,5-6,8-9,13,18,20H,4,7,10-12,14H2,(H,22,23). The number of fused-ring (bicyclic) bond motifs is 1. The Morgan fingerprint density at radius 1 is 1.11 bits per heavy atom. The van der Waals surface area contributed by atoms with E-state index >= 15 is 0 Å². The Morgan fingerprint density at radius 3 is 2.67 bits per heavy atom. The predicted octanol–water partition coefficient (Wildman–Crippen LogP) is 2.65. The van der Waals surface area contributed by atoms with E-state index in [1.807, 2.05) is 42.5 Å². The number of rotatable bonds is 4. The molecule has 27 heavy (non-hydrogen) atoms. The van der Waals surface area contributed by atoms with Crippen LogP contribution in [0.1, 0.15) is 35.6 Å². The molecule has 1 fully saturated rings. The van der Waals surface area contributed by atoms with Crippen LogP contribution in [0.4, 0.5) is 0 Å². The lowest BCUT2D eigenvalue weighted by Gasteiger charge is -2.24. The minimum atomic E-state index is -3.09. The quantitative estimate of drug-likeness (QED) is 0.878. The molecular weight excluding hydrogens is 362 g/mol. The second kappa shape index (κ2) is 7.35. The van der Waals surface area contributed by atoms with E-state index in [9.17, 15) is 13.2 Å². The Bertz CT molecular complexity index is 940. The van der Waals surface area contributed by atoms with Crippen molar-refractivity contribution in [2.24, 2.45) is 5.92 Å². The molecule has 4 rings (SSSR count). The molecule has 0 spiro atoms. The van der Waals surface area contributed by atoms with Gasteiger partial charge in [-0.25, -0.2) is 8.42 Å². The number of hydrogen-bond donors (Lipinski definition) is 1. The molecule has 2 aromatic rings. The highest BCUT2D eigenvalue weighted by atomic mass is 32.2. The van der Waals surface area contributed by atoms with E-state index in [1.165, 1.54) is 0 Å². The smallest absolute Gasteiger partial charge is 0.224 e. The van der Waals surface area contributed by atoms with Crippen LogP contribution in [0.2, 0.25) is 0 Å². The zero-order valence-electron chi connectivity index (χ0n) is 15.1. The summed E-state index contributed by atoms with van der Waals surface area (Å²) in [4.78, 5) is 12.8. The van der Waals surface area contributed by atoms with Gasteiger partial charge in [-0.1, -0.05) is 36.4 Å². The maximum Gasteiger partial charge on any atom is 0.224 e. The van der Waals surface area contributed by atoms with Crippen LogP contribution < -0.4 is 10.1 Å². The van der Waals surface area contributed by atoms with Gasteiger partial charge >= 0.3 is 0 Å². The van der Waals surface area contributed by atoms with Crippen molar-refractivity contribution < 1.29 is 17.9 Å². The van der Waals surface area contributed by atoms with Gasteiger partial charge in [0.1, 0.15) is 5.75 Å². The molecular formula is C21H23NO4S. The van der Waals surface area contributed by atoms with Gasteiger partial charge < -0.3 is 10.1 Å². The van der Waals surface area contributed by atoms with Gasteiger partial charge in [0.2, 0.25) is 5.91 Å². The first-order valence-electron chi connectivity index (χ1n) is 9.33. The van der Waals surface area contributed by atoms with Crippen molar-refractivity contribution in [3.63, 3.8) is 0 Å². The van der Waals surface area contributed by atoms with Crippen LogP contribution in [-0.2, 0) is 21.1 Å². The summed E-state index contributed by atoms with van der Waals surface area (Å²) < 4.78 is 29.2. The molecule has 0 aromatic heterocycles. The molecule has 2 unspecified atom stereocenters. The summed E-state index contributed by atoms with van der Waals surface area (Å²) in [7, 11) is -3.09. The van der Waals surface area contributed by atoms with Gasteiger partial charge in [-0.3, -0.25) is 4.79 Å². The molecule has 5 nitrogen and oxygen atoms in total. The highest BCUT2D eigenvalue weighted by Crippen LogP contribution is 2.31. The van der Waals surface area contributed by atoms with Crippen molar-refractivity contribution in [2.45, 2.75) is 25.3 Å². The average molecular weight is 385 g/mol. The first-order chi connectivity index (χ1) is 13.0. The van der Waals surface area contributed by atoms with Gasteiger partial charge in [-0.2, -0.15) is 0 Å². The van der Waals surface area contributed by atoms with Crippen molar-refractivity contribution in [1.29, 1.82) is 0 Å². The third-order valence-corrected chi connectivity index (χ3v) is 7.06. The second-order valence-electron chi connectivity index (χ2n) is 7.27. The molecule has 0 saturated carbocycles.